The molecule has 2 aromatic carbocycles. The third kappa shape index (κ3) is 3.29. The minimum absolute atomic E-state index is 0.126. The Balaban J connectivity index is 1.54. The SMILES string of the molecule is CCOCC1CC2OCCN(C(=O)c3ccc4ccccc4c3)C2C1. The molecule has 4 heteroatoms. The summed E-state index contributed by atoms with van der Waals surface area (Å²) in [4.78, 5) is 15.2. The van der Waals surface area contributed by atoms with E-state index < -0.39 is 0 Å². The first-order valence-electron chi connectivity index (χ1n) is 9.25. The molecule has 3 atom stereocenters. The van der Waals surface area contributed by atoms with Crippen LogP contribution in [0.3, 0.4) is 0 Å². The van der Waals surface area contributed by atoms with Gasteiger partial charge in [0.05, 0.1) is 18.8 Å². The molecule has 3 unspecified atom stereocenters. The fourth-order valence-corrected chi connectivity index (χ4v) is 4.21. The van der Waals surface area contributed by atoms with Crippen LogP contribution in [0, 0.1) is 5.92 Å². The molecule has 1 amide bonds. The van der Waals surface area contributed by atoms with Crippen molar-refractivity contribution in [1.29, 1.82) is 0 Å². The summed E-state index contributed by atoms with van der Waals surface area (Å²) in [7, 11) is 0. The van der Waals surface area contributed by atoms with Crippen LogP contribution in [-0.4, -0.2) is 49.3 Å². The van der Waals surface area contributed by atoms with Gasteiger partial charge in [-0.25, -0.2) is 0 Å². The van der Waals surface area contributed by atoms with E-state index in [1.807, 2.05) is 42.2 Å². The van der Waals surface area contributed by atoms with Crippen LogP contribution in [0.2, 0.25) is 0 Å². The van der Waals surface area contributed by atoms with Crippen LogP contribution in [0.25, 0.3) is 10.8 Å². The second kappa shape index (κ2) is 7.14. The second-order valence-electron chi connectivity index (χ2n) is 7.03. The van der Waals surface area contributed by atoms with Crippen LogP contribution < -0.4 is 0 Å². The Kier molecular flexibility index (Phi) is 4.73. The van der Waals surface area contributed by atoms with Crippen molar-refractivity contribution >= 4 is 16.7 Å². The standard InChI is InChI=1S/C21H25NO3/c1-2-24-14-15-11-19-20(12-15)25-10-9-22(19)21(23)18-8-7-16-5-3-4-6-17(16)13-18/h3-8,13,15,19-20H,2,9-12,14H2,1H3. The van der Waals surface area contributed by atoms with E-state index in [4.69, 9.17) is 9.47 Å². The van der Waals surface area contributed by atoms with Crippen molar-refractivity contribution in [2.45, 2.75) is 31.9 Å². The van der Waals surface area contributed by atoms with Crippen LogP contribution in [0.4, 0.5) is 0 Å². The number of ether oxygens (including phenoxy) is 2. The molecule has 25 heavy (non-hydrogen) atoms. The number of amides is 1. The molecule has 2 aromatic rings. The van der Waals surface area contributed by atoms with Gasteiger partial charge in [-0.2, -0.15) is 0 Å². The zero-order valence-corrected chi connectivity index (χ0v) is 14.7. The van der Waals surface area contributed by atoms with Crippen LogP contribution in [0.5, 0.6) is 0 Å². The number of hydrogen-bond acceptors (Lipinski definition) is 3. The average Bonchev–Trinajstić information content (AvgIpc) is 3.08. The predicted octanol–water partition coefficient (Wildman–Crippen LogP) is 3.50. The highest BCUT2D eigenvalue weighted by atomic mass is 16.5. The third-order valence-electron chi connectivity index (χ3n) is 5.45. The van der Waals surface area contributed by atoms with Gasteiger partial charge in [-0.3, -0.25) is 4.79 Å². The van der Waals surface area contributed by atoms with Gasteiger partial charge in [0.1, 0.15) is 0 Å². The van der Waals surface area contributed by atoms with Gasteiger partial charge in [0.2, 0.25) is 0 Å². The second-order valence-corrected chi connectivity index (χ2v) is 7.03. The number of morpholine rings is 1. The normalized spacial score (nSPS) is 26.0. The lowest BCUT2D eigenvalue weighted by atomic mass is 10.0. The van der Waals surface area contributed by atoms with E-state index in [0.717, 1.165) is 42.4 Å². The van der Waals surface area contributed by atoms with Gasteiger partial charge in [0.15, 0.2) is 0 Å². The Bertz CT molecular complexity index is 760. The lowest BCUT2D eigenvalue weighted by molar-refractivity contribution is -0.0449. The number of benzene rings is 2. The topological polar surface area (TPSA) is 38.8 Å². The van der Waals surface area contributed by atoms with E-state index >= 15 is 0 Å². The fourth-order valence-electron chi connectivity index (χ4n) is 4.21. The Morgan fingerprint density at radius 3 is 2.88 bits per heavy atom. The molecular formula is C21H25NO3. The molecule has 2 fully saturated rings. The highest BCUT2D eigenvalue weighted by Gasteiger charge is 2.42. The summed E-state index contributed by atoms with van der Waals surface area (Å²) in [5.41, 5.74) is 0.771. The summed E-state index contributed by atoms with van der Waals surface area (Å²) in [5, 5.41) is 2.27. The zero-order chi connectivity index (χ0) is 17.2. The van der Waals surface area contributed by atoms with E-state index in [9.17, 15) is 4.79 Å². The highest BCUT2D eigenvalue weighted by Crippen LogP contribution is 2.35. The molecule has 0 aromatic heterocycles. The molecule has 1 aliphatic carbocycles. The van der Waals surface area contributed by atoms with Crippen molar-refractivity contribution in [2.75, 3.05) is 26.4 Å². The smallest absolute Gasteiger partial charge is 0.254 e. The van der Waals surface area contributed by atoms with E-state index in [0.29, 0.717) is 19.1 Å². The van der Waals surface area contributed by atoms with E-state index in [1.54, 1.807) is 0 Å². The van der Waals surface area contributed by atoms with E-state index in [1.165, 1.54) is 0 Å². The zero-order valence-electron chi connectivity index (χ0n) is 14.7. The summed E-state index contributed by atoms with van der Waals surface area (Å²) in [6.45, 7) is 4.83. The van der Waals surface area contributed by atoms with Crippen molar-refractivity contribution < 1.29 is 14.3 Å². The van der Waals surface area contributed by atoms with Crippen molar-refractivity contribution in [3.63, 3.8) is 0 Å². The number of nitrogens with zero attached hydrogens (tertiary/aromatic N) is 1. The number of rotatable bonds is 4. The lowest BCUT2D eigenvalue weighted by Gasteiger charge is -2.37. The number of carbonyl (C=O) groups excluding carboxylic acids is 1. The maximum Gasteiger partial charge on any atom is 0.254 e. The molecule has 132 valence electrons. The molecule has 0 bridgehead atoms. The maximum absolute atomic E-state index is 13.1. The molecule has 1 aliphatic heterocycles. The first-order chi connectivity index (χ1) is 12.3. The van der Waals surface area contributed by atoms with Crippen LogP contribution in [0.15, 0.2) is 42.5 Å². The third-order valence-corrected chi connectivity index (χ3v) is 5.45. The minimum Gasteiger partial charge on any atom is -0.381 e. The summed E-state index contributed by atoms with van der Waals surface area (Å²) in [6, 6.07) is 14.3. The molecule has 1 heterocycles. The fraction of sp³-hybridized carbons (Fsp3) is 0.476. The molecule has 4 rings (SSSR count). The van der Waals surface area contributed by atoms with E-state index in [2.05, 4.69) is 12.1 Å². The summed E-state index contributed by atoms with van der Waals surface area (Å²) < 4.78 is 11.5. The summed E-state index contributed by atoms with van der Waals surface area (Å²) in [6.07, 6.45) is 2.12. The highest BCUT2D eigenvalue weighted by molar-refractivity contribution is 5.98. The number of carbonyl (C=O) groups is 1. The van der Waals surface area contributed by atoms with Gasteiger partial charge in [-0.1, -0.05) is 30.3 Å². The molecule has 0 radical (unpaired) electrons. The monoisotopic (exact) mass is 339 g/mol. The summed E-state index contributed by atoms with van der Waals surface area (Å²) >= 11 is 0. The summed E-state index contributed by atoms with van der Waals surface area (Å²) in [5.74, 6) is 0.612. The van der Waals surface area contributed by atoms with E-state index in [-0.39, 0.29) is 18.1 Å². The molecular weight excluding hydrogens is 314 g/mol. The van der Waals surface area contributed by atoms with Gasteiger partial charge < -0.3 is 14.4 Å². The van der Waals surface area contributed by atoms with Crippen LogP contribution >= 0.6 is 0 Å². The molecule has 2 aliphatic rings. The molecule has 1 saturated heterocycles. The average molecular weight is 339 g/mol. The first-order valence-corrected chi connectivity index (χ1v) is 9.25. The van der Waals surface area contributed by atoms with Gasteiger partial charge >= 0.3 is 0 Å². The maximum atomic E-state index is 13.1. The van der Waals surface area contributed by atoms with Gasteiger partial charge in [-0.05, 0) is 48.6 Å². The molecule has 0 N–H and O–H groups in total. The van der Waals surface area contributed by atoms with Crippen molar-refractivity contribution in [2.24, 2.45) is 5.92 Å². The Labute approximate surface area is 148 Å². The number of hydrogen-bond donors (Lipinski definition) is 0. The Hall–Kier alpha value is -1.91. The Morgan fingerprint density at radius 1 is 1.20 bits per heavy atom. The van der Waals surface area contributed by atoms with Gasteiger partial charge in [0, 0.05) is 25.3 Å². The minimum atomic E-state index is 0.126. The molecule has 1 saturated carbocycles. The van der Waals surface area contributed by atoms with Gasteiger partial charge in [-0.15, -0.1) is 0 Å². The number of fused-ring (bicyclic) bond motifs is 2. The quantitative estimate of drug-likeness (QED) is 0.856. The molecule has 4 nitrogen and oxygen atoms in total. The molecule has 0 spiro atoms. The van der Waals surface area contributed by atoms with Gasteiger partial charge in [0.25, 0.3) is 5.91 Å². The van der Waals surface area contributed by atoms with Crippen molar-refractivity contribution in [3.05, 3.63) is 48.0 Å². The van der Waals surface area contributed by atoms with Crippen LogP contribution in [-0.2, 0) is 9.47 Å². The first kappa shape index (κ1) is 16.6. The predicted molar refractivity (Wildman–Crippen MR) is 97.7 cm³/mol. The van der Waals surface area contributed by atoms with Crippen LogP contribution in [0.1, 0.15) is 30.1 Å². The van der Waals surface area contributed by atoms with Crippen molar-refractivity contribution in [1.82, 2.24) is 4.90 Å². The van der Waals surface area contributed by atoms with Crippen molar-refractivity contribution in [3.8, 4) is 0 Å². The Morgan fingerprint density at radius 2 is 2.04 bits per heavy atom. The largest absolute Gasteiger partial charge is 0.381 e. The lowest BCUT2D eigenvalue weighted by Crippen LogP contribution is -2.51.